The van der Waals surface area contributed by atoms with Crippen LogP contribution < -0.4 is 0 Å². The Morgan fingerprint density at radius 1 is 1.25 bits per heavy atom. The maximum Gasteiger partial charge on any atom is 0.418 e. The first-order chi connectivity index (χ1) is 11.1. The molecule has 1 heterocycles. The van der Waals surface area contributed by atoms with Crippen LogP contribution in [0.1, 0.15) is 35.0 Å². The molecule has 2 unspecified atom stereocenters. The molecule has 8 heteroatoms. The van der Waals surface area contributed by atoms with Crippen molar-refractivity contribution in [1.82, 2.24) is 4.57 Å². The third-order valence-electron chi connectivity index (χ3n) is 4.23. The molecule has 1 aliphatic carbocycles. The maximum atomic E-state index is 13.8. The number of aliphatic hydroxyl groups is 1. The number of fused-ring (bicyclic) bond motifs is 1. The lowest BCUT2D eigenvalue weighted by atomic mass is 9.90. The van der Waals surface area contributed by atoms with Crippen LogP contribution in [0, 0.1) is 12.7 Å². The van der Waals surface area contributed by atoms with Crippen LogP contribution in [-0.4, -0.2) is 15.8 Å². The van der Waals surface area contributed by atoms with E-state index in [-0.39, 0.29) is 34.9 Å². The van der Waals surface area contributed by atoms with Crippen LogP contribution in [0.2, 0.25) is 5.02 Å². The SMILES string of the molecule is Cc1c(C(F)(F)F)c2c(n1-c1cc(F)cc(Cl)c1)CCC(F)C2O. The highest BCUT2D eigenvalue weighted by Crippen LogP contribution is 2.45. The van der Waals surface area contributed by atoms with Gasteiger partial charge in [0.2, 0.25) is 0 Å². The average molecular weight is 366 g/mol. The second kappa shape index (κ2) is 5.74. The first-order valence-electron chi connectivity index (χ1n) is 7.21. The summed E-state index contributed by atoms with van der Waals surface area (Å²) in [5, 5.41) is 10.0. The van der Waals surface area contributed by atoms with Crippen LogP contribution in [-0.2, 0) is 12.6 Å². The van der Waals surface area contributed by atoms with E-state index in [4.69, 9.17) is 11.6 Å². The zero-order valence-corrected chi connectivity index (χ0v) is 13.2. The highest BCUT2D eigenvalue weighted by Gasteiger charge is 2.45. The summed E-state index contributed by atoms with van der Waals surface area (Å²) in [7, 11) is 0. The molecule has 2 nitrogen and oxygen atoms in total. The molecule has 0 saturated carbocycles. The number of rotatable bonds is 1. The van der Waals surface area contributed by atoms with Gasteiger partial charge in [0.25, 0.3) is 0 Å². The molecule has 0 aliphatic heterocycles. The van der Waals surface area contributed by atoms with E-state index in [0.717, 1.165) is 12.1 Å². The van der Waals surface area contributed by atoms with Gasteiger partial charge in [0.1, 0.15) is 18.1 Å². The summed E-state index contributed by atoms with van der Waals surface area (Å²) in [4.78, 5) is 0. The van der Waals surface area contributed by atoms with Crippen LogP contribution in [0.3, 0.4) is 0 Å². The van der Waals surface area contributed by atoms with Gasteiger partial charge in [-0.3, -0.25) is 0 Å². The number of alkyl halides is 4. The van der Waals surface area contributed by atoms with E-state index in [0.29, 0.717) is 0 Å². The van der Waals surface area contributed by atoms with Gasteiger partial charge in [-0.2, -0.15) is 13.2 Å². The minimum absolute atomic E-state index is 0.00138. The van der Waals surface area contributed by atoms with Gasteiger partial charge in [0.15, 0.2) is 0 Å². The van der Waals surface area contributed by atoms with Gasteiger partial charge in [-0.05, 0) is 38.0 Å². The fourth-order valence-corrected chi connectivity index (χ4v) is 3.54. The van der Waals surface area contributed by atoms with Crippen molar-refractivity contribution in [3.63, 3.8) is 0 Å². The Hall–Kier alpha value is -1.60. The molecule has 3 rings (SSSR count). The van der Waals surface area contributed by atoms with Gasteiger partial charge in [-0.1, -0.05) is 11.6 Å². The van der Waals surface area contributed by atoms with E-state index in [9.17, 15) is 27.1 Å². The number of hydrogen-bond donors (Lipinski definition) is 1. The standard InChI is InChI=1S/C16H13ClF5NO/c1-7-14(16(20,21)22)13-12(3-2-11(19)15(13)24)23(7)10-5-8(17)4-9(18)6-10/h4-6,11,15,24H,2-3H2,1H3. The van der Waals surface area contributed by atoms with Crippen LogP contribution in [0.4, 0.5) is 22.0 Å². The fourth-order valence-electron chi connectivity index (χ4n) is 3.33. The van der Waals surface area contributed by atoms with Crippen molar-refractivity contribution >= 4 is 11.6 Å². The first kappa shape index (κ1) is 17.2. The van der Waals surface area contributed by atoms with E-state index in [2.05, 4.69) is 0 Å². The summed E-state index contributed by atoms with van der Waals surface area (Å²) >= 11 is 5.80. The van der Waals surface area contributed by atoms with Crippen molar-refractivity contribution in [1.29, 1.82) is 0 Å². The molecule has 130 valence electrons. The number of hydrogen-bond acceptors (Lipinski definition) is 1. The largest absolute Gasteiger partial charge is 0.418 e. The van der Waals surface area contributed by atoms with Gasteiger partial charge >= 0.3 is 6.18 Å². The van der Waals surface area contributed by atoms with Crippen molar-refractivity contribution < 1.29 is 27.1 Å². The van der Waals surface area contributed by atoms with E-state index in [1.165, 1.54) is 17.6 Å². The molecule has 1 aromatic carbocycles. The smallest absolute Gasteiger partial charge is 0.385 e. The van der Waals surface area contributed by atoms with E-state index in [1.54, 1.807) is 0 Å². The molecule has 1 aromatic heterocycles. The Morgan fingerprint density at radius 2 is 1.92 bits per heavy atom. The normalized spacial score (nSPS) is 21.0. The maximum absolute atomic E-state index is 13.8. The Balaban J connectivity index is 2.34. The summed E-state index contributed by atoms with van der Waals surface area (Å²) in [5.74, 6) is -0.701. The van der Waals surface area contributed by atoms with Crippen molar-refractivity contribution in [3.8, 4) is 5.69 Å². The zero-order chi connectivity index (χ0) is 17.8. The number of benzene rings is 1. The molecule has 0 spiro atoms. The van der Waals surface area contributed by atoms with Gasteiger partial charge in [0, 0.05) is 27.7 Å². The molecular formula is C16H13ClF5NO. The molecule has 0 fully saturated rings. The molecule has 1 aliphatic rings. The molecule has 0 bridgehead atoms. The van der Waals surface area contributed by atoms with Gasteiger partial charge in [0.05, 0.1) is 5.56 Å². The molecule has 2 aromatic rings. The second-order valence-electron chi connectivity index (χ2n) is 5.78. The number of aliphatic hydroxyl groups excluding tert-OH is 1. The lowest BCUT2D eigenvalue weighted by molar-refractivity contribution is -0.140. The number of nitrogens with zero attached hydrogens (tertiary/aromatic N) is 1. The third-order valence-corrected chi connectivity index (χ3v) is 4.45. The molecule has 24 heavy (non-hydrogen) atoms. The van der Waals surface area contributed by atoms with Crippen LogP contribution in [0.15, 0.2) is 18.2 Å². The topological polar surface area (TPSA) is 25.2 Å². The van der Waals surface area contributed by atoms with E-state index >= 15 is 0 Å². The highest BCUT2D eigenvalue weighted by atomic mass is 35.5. The average Bonchev–Trinajstić information content (AvgIpc) is 2.74. The van der Waals surface area contributed by atoms with Crippen molar-refractivity contribution in [3.05, 3.63) is 51.6 Å². The van der Waals surface area contributed by atoms with Crippen LogP contribution in [0.25, 0.3) is 5.69 Å². The van der Waals surface area contributed by atoms with E-state index in [1.807, 2.05) is 0 Å². The quantitative estimate of drug-likeness (QED) is 0.713. The zero-order valence-electron chi connectivity index (χ0n) is 12.5. The molecule has 0 amide bonds. The third kappa shape index (κ3) is 2.69. The molecule has 1 N–H and O–H groups in total. The second-order valence-corrected chi connectivity index (χ2v) is 6.22. The Kier molecular flexibility index (Phi) is 4.12. The van der Waals surface area contributed by atoms with E-state index < -0.39 is 35.4 Å². The Morgan fingerprint density at radius 3 is 2.50 bits per heavy atom. The first-order valence-corrected chi connectivity index (χ1v) is 7.59. The van der Waals surface area contributed by atoms with Crippen LogP contribution >= 0.6 is 11.6 Å². The van der Waals surface area contributed by atoms with Crippen molar-refractivity contribution in [2.24, 2.45) is 0 Å². The molecular weight excluding hydrogens is 353 g/mol. The summed E-state index contributed by atoms with van der Waals surface area (Å²) < 4.78 is 69.0. The summed E-state index contributed by atoms with van der Waals surface area (Å²) in [6.07, 6.45) is -8.52. The molecule has 0 radical (unpaired) electrons. The lowest BCUT2D eigenvalue weighted by Gasteiger charge is -2.25. The summed E-state index contributed by atoms with van der Waals surface area (Å²) in [6.45, 7) is 1.21. The Bertz CT molecular complexity index is 778. The lowest BCUT2D eigenvalue weighted by Crippen LogP contribution is -2.24. The summed E-state index contributed by atoms with van der Waals surface area (Å²) in [6, 6.07) is 3.41. The van der Waals surface area contributed by atoms with Crippen molar-refractivity contribution in [2.75, 3.05) is 0 Å². The minimum Gasteiger partial charge on any atom is -0.385 e. The van der Waals surface area contributed by atoms with Gasteiger partial charge in [-0.15, -0.1) is 0 Å². The monoisotopic (exact) mass is 365 g/mol. The predicted octanol–water partition coefficient (Wildman–Crippen LogP) is 4.91. The number of halogens is 6. The minimum atomic E-state index is -4.77. The predicted molar refractivity (Wildman–Crippen MR) is 78.7 cm³/mol. The highest BCUT2D eigenvalue weighted by molar-refractivity contribution is 6.30. The van der Waals surface area contributed by atoms with Crippen molar-refractivity contribution in [2.45, 2.75) is 38.2 Å². The van der Waals surface area contributed by atoms with Gasteiger partial charge in [-0.25, -0.2) is 8.78 Å². The molecule has 2 atom stereocenters. The summed E-state index contributed by atoms with van der Waals surface area (Å²) in [5.41, 5.74) is -1.55. The van der Waals surface area contributed by atoms with Crippen LogP contribution in [0.5, 0.6) is 0 Å². The Labute approximate surface area is 139 Å². The fraction of sp³-hybridized carbons (Fsp3) is 0.375. The number of aromatic nitrogens is 1. The van der Waals surface area contributed by atoms with Gasteiger partial charge < -0.3 is 9.67 Å². The molecule has 0 saturated heterocycles.